The summed E-state index contributed by atoms with van der Waals surface area (Å²) in [6.45, 7) is 3.73. The minimum Gasteiger partial charge on any atom is -0.379 e. The highest BCUT2D eigenvalue weighted by molar-refractivity contribution is 7.89. The third-order valence-electron chi connectivity index (χ3n) is 5.60. The van der Waals surface area contributed by atoms with Crippen molar-refractivity contribution < 1.29 is 17.5 Å². The maximum Gasteiger partial charge on any atom is 0.243 e. The first kappa shape index (κ1) is 25.3. The van der Waals surface area contributed by atoms with Gasteiger partial charge in [-0.05, 0) is 29.8 Å². The summed E-state index contributed by atoms with van der Waals surface area (Å²) in [4.78, 5) is 5.02. The molecular formula is C23H28ClFN4O3S. The minimum absolute atomic E-state index is 0. The number of halogens is 2. The molecule has 0 bridgehead atoms. The lowest BCUT2D eigenvalue weighted by atomic mass is 10.0. The Morgan fingerprint density at radius 2 is 1.88 bits per heavy atom. The smallest absolute Gasteiger partial charge is 0.243 e. The molecule has 0 saturated carbocycles. The van der Waals surface area contributed by atoms with Crippen LogP contribution >= 0.6 is 12.4 Å². The first-order valence-corrected chi connectivity index (χ1v) is 12.1. The second-order valence-corrected chi connectivity index (χ2v) is 9.51. The van der Waals surface area contributed by atoms with Gasteiger partial charge in [0, 0.05) is 31.6 Å². The summed E-state index contributed by atoms with van der Waals surface area (Å²) in [5.41, 5.74) is 8.74. The number of nitrogens with zero attached hydrogens (tertiary/aromatic N) is 3. The molecule has 0 radical (unpaired) electrons. The van der Waals surface area contributed by atoms with Crippen molar-refractivity contribution in [1.82, 2.24) is 13.9 Å². The maximum atomic E-state index is 14.2. The van der Waals surface area contributed by atoms with Gasteiger partial charge in [-0.3, -0.25) is 0 Å². The van der Waals surface area contributed by atoms with Crippen LogP contribution in [0.1, 0.15) is 12.7 Å². The standard InChI is InChI=1S/C23H27FN4O3S.ClH/c1-2-22-26-23-20(4-3-5-21(23)28(22)16-18(24)10-11-25)17-6-8-19(9-7-17)32(29,30)27-12-14-31-15-13-27;/h3-10H,2,11-16,25H2,1H3;1H/b18-10-;. The molecule has 2 N–H and O–H groups in total. The van der Waals surface area contributed by atoms with Crippen LogP contribution in [0.4, 0.5) is 4.39 Å². The molecule has 2 aromatic carbocycles. The normalized spacial score (nSPS) is 15.5. The van der Waals surface area contributed by atoms with Gasteiger partial charge in [-0.15, -0.1) is 12.4 Å². The van der Waals surface area contributed by atoms with Crippen molar-refractivity contribution in [2.45, 2.75) is 24.8 Å². The van der Waals surface area contributed by atoms with Crippen molar-refractivity contribution in [1.29, 1.82) is 0 Å². The van der Waals surface area contributed by atoms with Gasteiger partial charge in [-0.1, -0.05) is 31.2 Å². The zero-order valence-corrected chi connectivity index (χ0v) is 20.0. The van der Waals surface area contributed by atoms with Crippen LogP contribution in [0, 0.1) is 0 Å². The van der Waals surface area contributed by atoms with Gasteiger partial charge in [0.15, 0.2) is 0 Å². The lowest BCUT2D eigenvalue weighted by Gasteiger charge is -2.26. The molecule has 1 aromatic heterocycles. The number of aromatic nitrogens is 2. The van der Waals surface area contributed by atoms with Crippen LogP contribution < -0.4 is 5.73 Å². The quantitative estimate of drug-likeness (QED) is 0.542. The number of aryl methyl sites for hydroxylation is 1. The fourth-order valence-corrected chi connectivity index (χ4v) is 5.37. The predicted octanol–water partition coefficient (Wildman–Crippen LogP) is 3.52. The minimum atomic E-state index is -3.55. The highest BCUT2D eigenvalue weighted by Crippen LogP contribution is 2.31. The molecule has 2 heterocycles. The molecule has 3 aromatic rings. The zero-order valence-electron chi connectivity index (χ0n) is 18.4. The molecule has 0 atom stereocenters. The Labute approximate surface area is 199 Å². The molecule has 1 aliphatic rings. The Hall–Kier alpha value is -2.30. The van der Waals surface area contributed by atoms with Crippen molar-refractivity contribution in [3.63, 3.8) is 0 Å². The van der Waals surface area contributed by atoms with E-state index in [0.29, 0.717) is 32.7 Å². The number of nitrogens with two attached hydrogens (primary N) is 1. The predicted molar refractivity (Wildman–Crippen MR) is 130 cm³/mol. The van der Waals surface area contributed by atoms with Crippen LogP contribution in [0.3, 0.4) is 0 Å². The summed E-state index contributed by atoms with van der Waals surface area (Å²) in [5, 5.41) is 0. The van der Waals surface area contributed by atoms with E-state index in [1.165, 1.54) is 10.4 Å². The summed E-state index contributed by atoms with van der Waals surface area (Å²) in [5.74, 6) is 0.476. The molecule has 33 heavy (non-hydrogen) atoms. The third kappa shape index (κ3) is 5.12. The Morgan fingerprint density at radius 3 is 2.52 bits per heavy atom. The summed E-state index contributed by atoms with van der Waals surface area (Å²) in [6.07, 6.45) is 2.02. The van der Waals surface area contributed by atoms with Gasteiger partial charge in [0.05, 0.1) is 35.7 Å². The van der Waals surface area contributed by atoms with Crippen molar-refractivity contribution >= 4 is 33.5 Å². The van der Waals surface area contributed by atoms with E-state index in [0.717, 1.165) is 28.0 Å². The lowest BCUT2D eigenvalue weighted by Crippen LogP contribution is -2.40. The van der Waals surface area contributed by atoms with Gasteiger partial charge in [-0.25, -0.2) is 17.8 Å². The van der Waals surface area contributed by atoms with E-state index in [9.17, 15) is 12.8 Å². The molecule has 7 nitrogen and oxygen atoms in total. The molecule has 1 saturated heterocycles. The van der Waals surface area contributed by atoms with Gasteiger partial charge < -0.3 is 15.0 Å². The van der Waals surface area contributed by atoms with Crippen LogP contribution in [0.5, 0.6) is 0 Å². The fourth-order valence-electron chi connectivity index (χ4n) is 3.96. The number of imidazole rings is 1. The van der Waals surface area contributed by atoms with E-state index >= 15 is 0 Å². The van der Waals surface area contributed by atoms with Gasteiger partial charge in [0.25, 0.3) is 0 Å². The molecule has 0 spiro atoms. The van der Waals surface area contributed by atoms with Crippen LogP contribution in [-0.4, -0.2) is 55.1 Å². The maximum absolute atomic E-state index is 14.2. The van der Waals surface area contributed by atoms with E-state index in [-0.39, 0.29) is 36.2 Å². The number of hydrogen-bond acceptors (Lipinski definition) is 5. The Kier molecular flexibility index (Phi) is 8.25. The van der Waals surface area contributed by atoms with E-state index in [2.05, 4.69) is 0 Å². The van der Waals surface area contributed by atoms with Gasteiger partial charge in [-0.2, -0.15) is 4.31 Å². The van der Waals surface area contributed by atoms with Gasteiger partial charge in [0.2, 0.25) is 10.0 Å². The van der Waals surface area contributed by atoms with E-state index in [1.807, 2.05) is 29.7 Å². The first-order valence-electron chi connectivity index (χ1n) is 10.7. The zero-order chi connectivity index (χ0) is 22.7. The summed E-state index contributed by atoms with van der Waals surface area (Å²) in [7, 11) is -3.55. The average Bonchev–Trinajstić information content (AvgIpc) is 3.17. The van der Waals surface area contributed by atoms with E-state index in [4.69, 9.17) is 15.5 Å². The number of allylic oxidation sites excluding steroid dienone is 1. The van der Waals surface area contributed by atoms with E-state index in [1.54, 1.807) is 24.3 Å². The second-order valence-electron chi connectivity index (χ2n) is 7.57. The molecule has 0 aliphatic carbocycles. The fraction of sp³-hybridized carbons (Fsp3) is 0.348. The summed E-state index contributed by atoms with van der Waals surface area (Å²) >= 11 is 0. The number of morpholine rings is 1. The largest absolute Gasteiger partial charge is 0.379 e. The second kappa shape index (κ2) is 10.8. The molecule has 0 unspecified atom stereocenters. The van der Waals surface area contributed by atoms with E-state index < -0.39 is 10.0 Å². The Balaban J connectivity index is 0.00000306. The number of benzene rings is 2. The van der Waals surface area contributed by atoms with Crippen molar-refractivity contribution in [2.75, 3.05) is 32.8 Å². The summed E-state index contributed by atoms with van der Waals surface area (Å²) < 4.78 is 48.6. The molecule has 1 fully saturated rings. The topological polar surface area (TPSA) is 90.5 Å². The number of ether oxygens (including phenoxy) is 1. The Bertz CT molecular complexity index is 1240. The lowest BCUT2D eigenvalue weighted by molar-refractivity contribution is 0.0730. The number of para-hydroxylation sites is 1. The van der Waals surface area contributed by atoms with Crippen molar-refractivity contribution in [3.8, 4) is 11.1 Å². The van der Waals surface area contributed by atoms with Crippen molar-refractivity contribution in [3.05, 3.63) is 60.2 Å². The van der Waals surface area contributed by atoms with Crippen molar-refractivity contribution in [2.24, 2.45) is 5.73 Å². The third-order valence-corrected chi connectivity index (χ3v) is 7.51. The highest BCUT2D eigenvalue weighted by Gasteiger charge is 2.26. The first-order chi connectivity index (χ1) is 15.5. The number of hydrogen-bond donors (Lipinski definition) is 1. The summed E-state index contributed by atoms with van der Waals surface area (Å²) in [6, 6.07) is 12.6. The highest BCUT2D eigenvalue weighted by atomic mass is 35.5. The molecule has 10 heteroatoms. The number of rotatable bonds is 7. The molecular weight excluding hydrogens is 467 g/mol. The SMILES string of the molecule is CCc1nc2c(-c3ccc(S(=O)(=O)N4CCOCC4)cc3)cccc2n1C/C(F)=C/CN.Cl. The van der Waals surface area contributed by atoms with Crippen LogP contribution in [0.15, 0.2) is 59.3 Å². The molecule has 4 rings (SSSR count). The molecule has 0 amide bonds. The Morgan fingerprint density at radius 1 is 1.18 bits per heavy atom. The number of fused-ring (bicyclic) bond motifs is 1. The van der Waals surface area contributed by atoms with Crippen LogP contribution in [0.25, 0.3) is 22.2 Å². The van der Waals surface area contributed by atoms with Crippen LogP contribution in [0.2, 0.25) is 0 Å². The number of sulfonamides is 1. The van der Waals surface area contributed by atoms with Crippen LogP contribution in [-0.2, 0) is 27.7 Å². The van der Waals surface area contributed by atoms with Gasteiger partial charge >= 0.3 is 0 Å². The molecule has 178 valence electrons. The molecule has 1 aliphatic heterocycles. The van der Waals surface area contributed by atoms with Gasteiger partial charge in [0.1, 0.15) is 11.7 Å². The average molecular weight is 495 g/mol. The monoisotopic (exact) mass is 494 g/mol.